The zero-order valence-corrected chi connectivity index (χ0v) is 66.7. The molecule has 8 aromatic heterocycles. The molecule has 9 heterocycles. The van der Waals surface area contributed by atoms with Crippen LogP contribution in [-0.4, -0.2) is 119 Å². The van der Waals surface area contributed by atoms with Crippen LogP contribution < -0.4 is 32.2 Å². The highest BCUT2D eigenvalue weighted by atomic mass is 79.9. The van der Waals surface area contributed by atoms with E-state index in [4.69, 9.17) is 41.1 Å². The van der Waals surface area contributed by atoms with Crippen LogP contribution in [0.1, 0.15) is 90.5 Å². The summed E-state index contributed by atoms with van der Waals surface area (Å²) in [6, 6.07) is 23.1. The highest BCUT2D eigenvalue weighted by molar-refractivity contribution is 9.08. The van der Waals surface area contributed by atoms with Gasteiger partial charge in [0.05, 0.1) is 64.3 Å². The molecule has 0 amide bonds. The average Bonchev–Trinajstić information content (AvgIpc) is 1.55. The second-order valence-corrected chi connectivity index (χ2v) is 43.5. The van der Waals surface area contributed by atoms with Gasteiger partial charge in [-0.15, -0.1) is 4.68 Å². The van der Waals surface area contributed by atoms with Gasteiger partial charge in [0.2, 0.25) is 54.8 Å². The van der Waals surface area contributed by atoms with E-state index in [1.807, 2.05) is 6.07 Å². The molecule has 33 heteroatoms. The van der Waals surface area contributed by atoms with Gasteiger partial charge in [0.25, 0.3) is 23.3 Å². The molecule has 0 fully saturated rings. The monoisotopic (exact) mass is 1580 g/mol. The molecule has 11 aromatic rings. The first-order chi connectivity index (χ1) is 50.0. The lowest BCUT2D eigenvalue weighted by Crippen LogP contribution is -2.45. The molecule has 0 radical (unpaired) electrons. The van der Waals surface area contributed by atoms with Gasteiger partial charge in [0.1, 0.15) is 87.7 Å². The van der Waals surface area contributed by atoms with Crippen LogP contribution in [0, 0.1) is 34.9 Å². The quantitative estimate of drug-likeness (QED) is 0.0322. The first-order valence-corrected chi connectivity index (χ1v) is 43.1. The maximum absolute atomic E-state index is 15.2. The number of methoxy groups -OCH3 is 3. The molecule has 23 nitrogen and oxygen atoms in total. The Labute approximate surface area is 621 Å². The van der Waals surface area contributed by atoms with Crippen molar-refractivity contribution in [2.75, 3.05) is 27.9 Å². The Kier molecular flexibility index (Phi) is 25.0. The third-order valence-corrected chi connectivity index (χ3v) is 32.0. The van der Waals surface area contributed by atoms with Gasteiger partial charge in [-0.3, -0.25) is 9.67 Å². The lowest BCUT2D eigenvalue weighted by molar-refractivity contribution is -0.732. The van der Waals surface area contributed by atoms with Crippen molar-refractivity contribution in [2.45, 2.75) is 135 Å². The van der Waals surface area contributed by atoms with Crippen molar-refractivity contribution in [1.82, 2.24) is 60.3 Å². The SMILES string of the molecule is CC(C)(C)[Si](C)(C)Oc1cccc(F)c1CBr.COc1nc(-c2cc(-c3ccon3)[nH][n+]2Cc2c(F)cccc2O[Si](C)(C)C(C)(C)C)ncc1F.COc1nc(-c2cc(-c3ccon3)n(Cc3c(F)cccc3O[Si](C)(C)C(C)(C)C)n2)ncc1F.COc1nc(C2=NCC(c3ccon3)=C2)ncc1F. The number of rotatable bonds is 20. The van der Waals surface area contributed by atoms with Crippen molar-refractivity contribution in [3.8, 4) is 80.7 Å². The number of aromatic amines is 1. The fourth-order valence-corrected chi connectivity index (χ4v) is 13.0. The fourth-order valence-electron chi connectivity index (χ4n) is 9.32. The molecule has 106 heavy (non-hydrogen) atoms. The van der Waals surface area contributed by atoms with Gasteiger partial charge >= 0.3 is 0 Å². The lowest BCUT2D eigenvalue weighted by Gasteiger charge is -2.37. The summed E-state index contributed by atoms with van der Waals surface area (Å²) in [5.74, 6) is -1.23. The number of nitrogens with one attached hydrogen (secondary N) is 1. The number of aromatic nitrogens is 13. The molecule has 0 unspecified atom stereocenters. The molecule has 0 aliphatic carbocycles. The van der Waals surface area contributed by atoms with Crippen LogP contribution in [0.2, 0.25) is 54.4 Å². The average molecular weight is 1580 g/mol. The van der Waals surface area contributed by atoms with Crippen LogP contribution in [0.4, 0.5) is 26.3 Å². The summed E-state index contributed by atoms with van der Waals surface area (Å²) in [7, 11) is -2.40. The number of benzene rings is 3. The van der Waals surface area contributed by atoms with E-state index in [2.05, 4.69) is 178 Å². The van der Waals surface area contributed by atoms with Crippen LogP contribution in [-0.2, 0) is 18.4 Å². The fraction of sp³-hybridized carbons (Fsp3) is 0.342. The summed E-state index contributed by atoms with van der Waals surface area (Å²) in [5, 5.41) is 20.0. The molecule has 0 atom stereocenters. The number of halogens is 7. The van der Waals surface area contributed by atoms with Crippen molar-refractivity contribution < 1.29 is 72.1 Å². The van der Waals surface area contributed by atoms with Crippen molar-refractivity contribution in [2.24, 2.45) is 4.99 Å². The van der Waals surface area contributed by atoms with E-state index >= 15 is 8.78 Å². The Morgan fingerprint density at radius 3 is 1.41 bits per heavy atom. The Bertz CT molecular complexity index is 4890. The minimum absolute atomic E-state index is 0.0527. The number of nitrogens with zero attached hydrogens (tertiary/aromatic N) is 13. The molecule has 0 bridgehead atoms. The first kappa shape index (κ1) is 80.0. The van der Waals surface area contributed by atoms with Gasteiger partial charge in [-0.1, -0.05) is 112 Å². The van der Waals surface area contributed by atoms with Crippen LogP contribution in [0.3, 0.4) is 0 Å². The van der Waals surface area contributed by atoms with Gasteiger partial charge in [0, 0.05) is 46.3 Å². The molecular formula is C73H84BrF6N14O9Si3+. The van der Waals surface area contributed by atoms with E-state index in [0.717, 1.165) is 24.2 Å². The number of hydrogen-bond acceptors (Lipinski definition) is 20. The third-order valence-electron chi connectivity index (χ3n) is 18.4. The van der Waals surface area contributed by atoms with Crippen molar-refractivity contribution in [1.29, 1.82) is 0 Å². The second kappa shape index (κ2) is 33.1. The largest absolute Gasteiger partial charge is 0.543 e. The normalized spacial score (nSPS) is 12.6. The minimum Gasteiger partial charge on any atom is -0.543 e. The van der Waals surface area contributed by atoms with Crippen molar-refractivity contribution in [3.05, 3.63) is 191 Å². The number of ether oxygens (including phenoxy) is 3. The molecule has 0 spiro atoms. The summed E-state index contributed by atoms with van der Waals surface area (Å²) < 4.78 is 137. The highest BCUT2D eigenvalue weighted by Crippen LogP contribution is 2.42. The number of H-pyrrole nitrogens is 1. The summed E-state index contributed by atoms with van der Waals surface area (Å²) in [4.78, 5) is 28.6. The zero-order valence-electron chi connectivity index (χ0n) is 62.1. The van der Waals surface area contributed by atoms with E-state index in [1.165, 1.54) is 58.3 Å². The summed E-state index contributed by atoms with van der Waals surface area (Å²) >= 11 is 3.31. The molecule has 1 N–H and O–H groups in total. The van der Waals surface area contributed by atoms with Crippen LogP contribution in [0.25, 0.3) is 51.4 Å². The summed E-state index contributed by atoms with van der Waals surface area (Å²) in [5.41, 5.74) is 6.47. The number of aliphatic imine (C=N–C) groups is 1. The van der Waals surface area contributed by atoms with Gasteiger partial charge in [-0.05, 0) is 103 Å². The third kappa shape index (κ3) is 18.9. The summed E-state index contributed by atoms with van der Waals surface area (Å²) in [6.07, 6.45) is 9.27. The molecule has 1 aliphatic rings. The predicted octanol–water partition coefficient (Wildman–Crippen LogP) is 17.5. The molecule has 12 rings (SSSR count). The number of allylic oxidation sites excluding steroid dienone is 1. The van der Waals surface area contributed by atoms with Crippen molar-refractivity contribution >= 4 is 52.2 Å². The number of alkyl halides is 1. The summed E-state index contributed by atoms with van der Waals surface area (Å²) in [6.45, 7) is 32.6. The van der Waals surface area contributed by atoms with E-state index in [1.54, 1.807) is 76.1 Å². The van der Waals surface area contributed by atoms with Crippen LogP contribution in [0.5, 0.6) is 34.9 Å². The molecule has 0 saturated carbocycles. The first-order valence-electron chi connectivity index (χ1n) is 33.3. The smallest absolute Gasteiger partial charge is 0.276 e. The number of hydrogen-bond donors (Lipinski definition) is 1. The Morgan fingerprint density at radius 2 is 0.934 bits per heavy atom. The minimum atomic E-state index is -2.24. The predicted molar refractivity (Wildman–Crippen MR) is 397 cm³/mol. The molecule has 0 saturated heterocycles. The van der Waals surface area contributed by atoms with E-state index < -0.39 is 54.0 Å². The maximum atomic E-state index is 15.2. The molecular weight excluding hydrogens is 1500 g/mol. The van der Waals surface area contributed by atoms with E-state index in [9.17, 15) is 17.6 Å². The van der Waals surface area contributed by atoms with Gasteiger partial charge < -0.3 is 41.1 Å². The standard InChI is InChI=1S/2C24H27F2N5O3Si.C13H20BrFOSi.C12H9FN4O2/c1-24(2,3)35(5,6)34-21-9-7-8-16(25)15(21)14-31-20(18-10-11-33-30-18)12-19(29-31)22-27-13-17(26)23(28-22)32-4;1-24(2,3)35(5,6)34-21-9-7-8-16(25)15(21)14-31-20(12-19(29-31)18-10-11-33-30-18)22-27-13-17(26)23(28-22)32-4;1-13(2,3)17(4,5)16-12-8-6-7-11(15)10(12)9-14;1-18-12-8(13)6-15-11(16-12)10-4-7(5-14-10)9-2-3-19-17-9/h2*7-13H,14H2,1-6H3;6-8H,9H2,1-5H3;2-4,6H,5H2,1H3/p+1. The Balaban J connectivity index is 0.000000171. The van der Waals surface area contributed by atoms with Crippen LogP contribution >= 0.6 is 15.9 Å². The molecule has 560 valence electrons. The van der Waals surface area contributed by atoms with E-state index in [-0.39, 0.29) is 63.3 Å². The Hall–Kier alpha value is -10.1. The van der Waals surface area contributed by atoms with Crippen LogP contribution in [0.15, 0.2) is 147 Å². The van der Waals surface area contributed by atoms with E-state index in [0.29, 0.717) is 97.2 Å². The maximum Gasteiger partial charge on any atom is 0.276 e. The van der Waals surface area contributed by atoms with Gasteiger partial charge in [0.15, 0.2) is 11.6 Å². The van der Waals surface area contributed by atoms with Crippen molar-refractivity contribution in [3.63, 3.8) is 0 Å². The lowest BCUT2D eigenvalue weighted by atomic mass is 10.2. The molecule has 1 aliphatic heterocycles. The second-order valence-electron chi connectivity index (χ2n) is 28.8. The van der Waals surface area contributed by atoms with Gasteiger partial charge in [-0.25, -0.2) is 28.1 Å². The topological polar surface area (TPSA) is 261 Å². The highest BCUT2D eigenvalue weighted by Gasteiger charge is 2.42. The van der Waals surface area contributed by atoms with Gasteiger partial charge in [-0.2, -0.15) is 38.3 Å². The zero-order chi connectivity index (χ0) is 77.3. The Morgan fingerprint density at radius 1 is 0.509 bits per heavy atom. The molecule has 3 aromatic carbocycles.